The van der Waals surface area contributed by atoms with Gasteiger partial charge in [0.25, 0.3) is 10.0 Å². The van der Waals surface area contributed by atoms with Gasteiger partial charge >= 0.3 is 0 Å². The molecule has 0 saturated heterocycles. The van der Waals surface area contributed by atoms with Crippen molar-refractivity contribution in [2.24, 2.45) is 0 Å². The average molecular weight is 407 g/mol. The topological polar surface area (TPSA) is 82.8 Å². The predicted molar refractivity (Wildman–Crippen MR) is 83.9 cm³/mol. The number of hydrogen-bond donors (Lipinski definition) is 1. The molecule has 0 saturated carbocycles. The second kappa shape index (κ2) is 6.20. The third-order valence-electron chi connectivity index (χ3n) is 2.44. The lowest BCUT2D eigenvalue weighted by Crippen LogP contribution is -2.13. The maximum atomic E-state index is 12.2. The van der Waals surface area contributed by atoms with E-state index in [4.69, 9.17) is 28.5 Å². The molecule has 1 heterocycles. The number of hydrogen-bond acceptors (Lipinski definition) is 4. The third-order valence-corrected chi connectivity index (χ3v) is 5.56. The zero-order valence-corrected chi connectivity index (χ0v) is 14.1. The first-order valence-electron chi connectivity index (χ1n) is 5.37. The molecule has 1 aromatic carbocycles. The van der Waals surface area contributed by atoms with Gasteiger partial charge in [-0.3, -0.25) is 4.72 Å². The van der Waals surface area contributed by atoms with E-state index >= 15 is 0 Å². The molecule has 1 aromatic heterocycles. The number of rotatable bonds is 3. The van der Waals surface area contributed by atoms with Gasteiger partial charge in [-0.05, 0) is 40.2 Å². The van der Waals surface area contributed by atoms with E-state index in [1.165, 1.54) is 18.2 Å². The highest BCUT2D eigenvalue weighted by Gasteiger charge is 2.18. The van der Waals surface area contributed by atoms with Crippen LogP contribution in [-0.2, 0) is 10.0 Å². The van der Waals surface area contributed by atoms with Crippen LogP contribution >= 0.6 is 39.1 Å². The van der Waals surface area contributed by atoms with Crippen LogP contribution < -0.4 is 4.72 Å². The van der Waals surface area contributed by atoms with Crippen molar-refractivity contribution in [2.75, 3.05) is 4.72 Å². The second-order valence-corrected chi connectivity index (χ2v) is 7.11. The summed E-state index contributed by atoms with van der Waals surface area (Å²) in [5.41, 5.74) is 0.271. The number of pyridine rings is 1. The molecule has 9 heteroatoms. The molecule has 0 fully saturated rings. The van der Waals surface area contributed by atoms with Gasteiger partial charge in [-0.25, -0.2) is 13.4 Å². The Labute approximate surface area is 139 Å². The Morgan fingerprint density at radius 3 is 2.48 bits per heavy atom. The third kappa shape index (κ3) is 3.47. The lowest BCUT2D eigenvalue weighted by atomic mass is 10.3. The lowest BCUT2D eigenvalue weighted by molar-refractivity contribution is 0.601. The molecular formula is C12H6BrCl2N3O2S. The summed E-state index contributed by atoms with van der Waals surface area (Å²) in [5, 5.41) is 8.93. The molecule has 0 amide bonds. The van der Waals surface area contributed by atoms with Crippen LogP contribution in [0.4, 0.5) is 5.69 Å². The zero-order valence-electron chi connectivity index (χ0n) is 10.1. The Hall–Kier alpha value is -1.33. The normalized spacial score (nSPS) is 11.0. The van der Waals surface area contributed by atoms with Crippen molar-refractivity contribution in [1.82, 2.24) is 4.98 Å². The van der Waals surface area contributed by atoms with Crippen LogP contribution in [0.2, 0.25) is 10.0 Å². The van der Waals surface area contributed by atoms with Gasteiger partial charge in [-0.1, -0.05) is 23.2 Å². The Morgan fingerprint density at radius 2 is 1.90 bits per heavy atom. The van der Waals surface area contributed by atoms with E-state index in [1.807, 2.05) is 6.07 Å². The second-order valence-electron chi connectivity index (χ2n) is 3.82. The van der Waals surface area contributed by atoms with Crippen molar-refractivity contribution in [1.29, 1.82) is 5.26 Å². The smallest absolute Gasteiger partial charge is 0.263 e. The van der Waals surface area contributed by atoms with Crippen molar-refractivity contribution >= 4 is 54.8 Å². The Morgan fingerprint density at radius 1 is 1.19 bits per heavy atom. The van der Waals surface area contributed by atoms with Gasteiger partial charge in [0.15, 0.2) is 0 Å². The number of nitrogens with zero attached hydrogens (tertiary/aromatic N) is 2. The van der Waals surface area contributed by atoms with Crippen LogP contribution in [-0.4, -0.2) is 13.4 Å². The zero-order chi connectivity index (χ0) is 15.6. The number of aromatic nitrogens is 1. The summed E-state index contributed by atoms with van der Waals surface area (Å²) in [7, 11) is -3.87. The highest BCUT2D eigenvalue weighted by molar-refractivity contribution is 9.10. The van der Waals surface area contributed by atoms with E-state index in [-0.39, 0.29) is 26.3 Å². The quantitative estimate of drug-likeness (QED) is 0.785. The van der Waals surface area contributed by atoms with Crippen LogP contribution in [0, 0.1) is 11.3 Å². The number of anilines is 1. The summed E-state index contributed by atoms with van der Waals surface area (Å²) in [6.07, 6.45) is 1.09. The summed E-state index contributed by atoms with van der Waals surface area (Å²) < 4.78 is 27.3. The largest absolute Gasteiger partial charge is 0.278 e. The molecule has 108 valence electrons. The highest BCUT2D eigenvalue weighted by atomic mass is 79.9. The van der Waals surface area contributed by atoms with Gasteiger partial charge in [-0.15, -0.1) is 0 Å². The van der Waals surface area contributed by atoms with Crippen LogP contribution in [0.15, 0.2) is 39.8 Å². The number of halogens is 3. The molecule has 0 atom stereocenters. The van der Waals surface area contributed by atoms with E-state index in [0.29, 0.717) is 4.47 Å². The first-order chi connectivity index (χ1) is 9.85. The highest BCUT2D eigenvalue weighted by Crippen LogP contribution is 2.36. The van der Waals surface area contributed by atoms with Gasteiger partial charge in [0.05, 0.1) is 15.7 Å². The summed E-state index contributed by atoms with van der Waals surface area (Å²) >= 11 is 15.1. The molecule has 5 nitrogen and oxygen atoms in total. The molecule has 21 heavy (non-hydrogen) atoms. The molecular weight excluding hydrogens is 401 g/mol. The molecule has 0 aliphatic carbocycles. The fourth-order valence-corrected chi connectivity index (χ4v) is 3.31. The SMILES string of the molecule is N#Cc1ccc(S(=O)(=O)Nc2ccc(Br)c(Cl)c2Cl)cn1. The van der Waals surface area contributed by atoms with Crippen LogP contribution in [0.3, 0.4) is 0 Å². The van der Waals surface area contributed by atoms with Crippen LogP contribution in [0.1, 0.15) is 5.69 Å². The van der Waals surface area contributed by atoms with Gasteiger partial charge < -0.3 is 0 Å². The van der Waals surface area contributed by atoms with Crippen molar-refractivity contribution in [3.05, 3.63) is 50.7 Å². The average Bonchev–Trinajstić information content (AvgIpc) is 2.48. The van der Waals surface area contributed by atoms with Gasteiger partial charge in [0.1, 0.15) is 16.7 Å². The number of nitriles is 1. The Kier molecular flexibility index (Phi) is 4.74. The molecule has 0 aliphatic heterocycles. The van der Waals surface area contributed by atoms with Crippen molar-refractivity contribution in [3.63, 3.8) is 0 Å². The minimum atomic E-state index is -3.87. The maximum absolute atomic E-state index is 12.2. The monoisotopic (exact) mass is 405 g/mol. The molecule has 1 N–H and O–H groups in total. The molecule has 2 aromatic rings. The summed E-state index contributed by atoms with van der Waals surface area (Å²) in [6, 6.07) is 7.45. The Balaban J connectivity index is 2.38. The van der Waals surface area contributed by atoms with Crippen molar-refractivity contribution in [2.45, 2.75) is 4.90 Å². The van der Waals surface area contributed by atoms with Crippen LogP contribution in [0.5, 0.6) is 0 Å². The number of benzene rings is 1. The summed E-state index contributed by atoms with van der Waals surface area (Å²) in [5.74, 6) is 0. The van der Waals surface area contributed by atoms with Gasteiger partial charge in [0.2, 0.25) is 0 Å². The van der Waals surface area contributed by atoms with Gasteiger partial charge in [-0.2, -0.15) is 5.26 Å². The standard InChI is InChI=1S/C12H6BrCl2N3O2S/c13-9-3-4-10(12(15)11(9)14)18-21(19,20)8-2-1-7(5-16)17-6-8/h1-4,6,18H. The maximum Gasteiger partial charge on any atom is 0.263 e. The summed E-state index contributed by atoms with van der Waals surface area (Å²) in [4.78, 5) is 3.63. The molecule has 0 radical (unpaired) electrons. The molecule has 0 unspecified atom stereocenters. The molecule has 0 aliphatic rings. The van der Waals surface area contributed by atoms with E-state index in [9.17, 15) is 8.42 Å². The molecule has 2 rings (SSSR count). The van der Waals surface area contributed by atoms with Crippen LogP contribution in [0.25, 0.3) is 0 Å². The van der Waals surface area contributed by atoms with E-state index in [2.05, 4.69) is 25.6 Å². The minimum Gasteiger partial charge on any atom is -0.278 e. The molecule has 0 bridgehead atoms. The first kappa shape index (κ1) is 16.0. The predicted octanol–water partition coefficient (Wildman–Crippen LogP) is 3.82. The van der Waals surface area contributed by atoms with E-state index in [0.717, 1.165) is 6.20 Å². The van der Waals surface area contributed by atoms with E-state index < -0.39 is 10.0 Å². The van der Waals surface area contributed by atoms with Crippen molar-refractivity contribution in [3.8, 4) is 6.07 Å². The Bertz CT molecular complexity index is 833. The lowest BCUT2D eigenvalue weighted by Gasteiger charge is -2.11. The number of nitrogens with one attached hydrogen (secondary N) is 1. The fourth-order valence-electron chi connectivity index (χ4n) is 1.41. The van der Waals surface area contributed by atoms with Crippen molar-refractivity contribution < 1.29 is 8.42 Å². The fraction of sp³-hybridized carbons (Fsp3) is 0. The first-order valence-corrected chi connectivity index (χ1v) is 8.41. The van der Waals surface area contributed by atoms with Gasteiger partial charge in [0, 0.05) is 10.7 Å². The minimum absolute atomic E-state index is 0.0798. The molecule has 0 spiro atoms. The number of sulfonamides is 1. The van der Waals surface area contributed by atoms with E-state index in [1.54, 1.807) is 6.07 Å². The summed E-state index contributed by atoms with van der Waals surface area (Å²) in [6.45, 7) is 0.